The lowest BCUT2D eigenvalue weighted by atomic mass is 10.2. The maximum Gasteiger partial charge on any atom is 0.130 e. The van der Waals surface area contributed by atoms with Crippen molar-refractivity contribution in [1.29, 1.82) is 5.26 Å². The van der Waals surface area contributed by atoms with E-state index >= 15 is 0 Å². The number of nitrogens with one attached hydrogen (secondary N) is 1. The lowest BCUT2D eigenvalue weighted by Crippen LogP contribution is -1.95. The first-order valence-corrected chi connectivity index (χ1v) is 6.77. The fourth-order valence-electron chi connectivity index (χ4n) is 1.43. The van der Waals surface area contributed by atoms with E-state index in [-0.39, 0.29) is 0 Å². The standard InChI is InChI=1S/C13H9Br2N3/c1-8-4-13(17-7-11(8)15)18-12-3-2-9(6-16)5-10(12)14/h2-5,7H,1H3,(H,17,18). The number of benzene rings is 1. The van der Waals surface area contributed by atoms with Crippen LogP contribution in [-0.2, 0) is 0 Å². The summed E-state index contributed by atoms with van der Waals surface area (Å²) in [5.74, 6) is 0.765. The Morgan fingerprint density at radius 3 is 2.61 bits per heavy atom. The van der Waals surface area contributed by atoms with E-state index in [9.17, 15) is 0 Å². The summed E-state index contributed by atoms with van der Waals surface area (Å²) >= 11 is 6.84. The first kappa shape index (κ1) is 13.1. The molecule has 0 unspecified atom stereocenters. The molecule has 0 bridgehead atoms. The van der Waals surface area contributed by atoms with Gasteiger partial charge in [-0.2, -0.15) is 5.26 Å². The summed E-state index contributed by atoms with van der Waals surface area (Å²) in [6.45, 7) is 2.00. The van der Waals surface area contributed by atoms with Crippen molar-refractivity contribution in [2.24, 2.45) is 0 Å². The number of halogens is 2. The first-order valence-electron chi connectivity index (χ1n) is 5.19. The Bertz CT molecular complexity index is 633. The third-order valence-corrected chi connectivity index (χ3v) is 3.89. The van der Waals surface area contributed by atoms with E-state index in [2.05, 4.69) is 48.2 Å². The van der Waals surface area contributed by atoms with Crippen LogP contribution in [-0.4, -0.2) is 4.98 Å². The van der Waals surface area contributed by atoms with Gasteiger partial charge in [-0.25, -0.2) is 4.98 Å². The second-order valence-electron chi connectivity index (χ2n) is 3.75. The minimum absolute atomic E-state index is 0.618. The van der Waals surface area contributed by atoms with Crippen LogP contribution in [0.5, 0.6) is 0 Å². The van der Waals surface area contributed by atoms with E-state index in [1.54, 1.807) is 18.3 Å². The molecule has 18 heavy (non-hydrogen) atoms. The first-order chi connectivity index (χ1) is 8.60. The average Bonchev–Trinajstić information content (AvgIpc) is 2.36. The van der Waals surface area contributed by atoms with Crippen LogP contribution < -0.4 is 5.32 Å². The fraction of sp³-hybridized carbons (Fsp3) is 0.0769. The predicted molar refractivity (Wildman–Crippen MR) is 78.8 cm³/mol. The Morgan fingerprint density at radius 2 is 2.00 bits per heavy atom. The number of aryl methyl sites for hydroxylation is 1. The number of hydrogen-bond donors (Lipinski definition) is 1. The molecule has 1 N–H and O–H groups in total. The van der Waals surface area contributed by atoms with Crippen molar-refractivity contribution in [1.82, 2.24) is 4.98 Å². The van der Waals surface area contributed by atoms with Crippen molar-refractivity contribution in [3.05, 3.63) is 50.5 Å². The van der Waals surface area contributed by atoms with Crippen molar-refractivity contribution >= 4 is 43.4 Å². The molecule has 0 aliphatic rings. The van der Waals surface area contributed by atoms with E-state index < -0.39 is 0 Å². The molecule has 1 heterocycles. The molecule has 0 radical (unpaired) electrons. The Morgan fingerprint density at radius 1 is 1.22 bits per heavy atom. The summed E-state index contributed by atoms with van der Waals surface area (Å²) in [5.41, 5.74) is 2.60. The maximum absolute atomic E-state index is 8.80. The number of pyridine rings is 1. The van der Waals surface area contributed by atoms with E-state index in [0.29, 0.717) is 5.56 Å². The second-order valence-corrected chi connectivity index (χ2v) is 5.46. The predicted octanol–water partition coefficient (Wildman–Crippen LogP) is 4.53. The van der Waals surface area contributed by atoms with Gasteiger partial charge in [0.2, 0.25) is 0 Å². The average molecular weight is 367 g/mol. The maximum atomic E-state index is 8.80. The third-order valence-electron chi connectivity index (χ3n) is 2.41. The number of nitriles is 1. The molecular weight excluding hydrogens is 358 g/mol. The molecule has 0 saturated heterocycles. The summed E-state index contributed by atoms with van der Waals surface area (Å²) in [5, 5.41) is 12.0. The van der Waals surface area contributed by atoms with E-state index in [0.717, 1.165) is 26.0 Å². The van der Waals surface area contributed by atoms with Crippen LogP contribution in [0.25, 0.3) is 0 Å². The molecule has 0 saturated carbocycles. The topological polar surface area (TPSA) is 48.7 Å². The summed E-state index contributed by atoms with van der Waals surface area (Å²) in [6.07, 6.45) is 1.76. The fourth-order valence-corrected chi connectivity index (χ4v) is 2.13. The van der Waals surface area contributed by atoms with Crippen LogP contribution in [0.4, 0.5) is 11.5 Å². The minimum atomic E-state index is 0.618. The molecule has 0 amide bonds. The highest BCUT2D eigenvalue weighted by atomic mass is 79.9. The molecular formula is C13H9Br2N3. The molecule has 0 fully saturated rings. The molecule has 0 aliphatic carbocycles. The molecule has 1 aromatic carbocycles. The van der Waals surface area contributed by atoms with Crippen LogP contribution in [0.15, 0.2) is 39.4 Å². The smallest absolute Gasteiger partial charge is 0.130 e. The molecule has 0 aliphatic heterocycles. The van der Waals surface area contributed by atoms with Gasteiger partial charge in [-0.1, -0.05) is 0 Å². The van der Waals surface area contributed by atoms with Crippen molar-refractivity contribution in [3.8, 4) is 6.07 Å². The van der Waals surface area contributed by atoms with E-state index in [1.165, 1.54) is 0 Å². The highest BCUT2D eigenvalue weighted by Gasteiger charge is 2.04. The number of anilines is 2. The summed E-state index contributed by atoms with van der Waals surface area (Å²) in [4.78, 5) is 4.27. The van der Waals surface area contributed by atoms with Gasteiger partial charge in [-0.15, -0.1) is 0 Å². The van der Waals surface area contributed by atoms with Gasteiger partial charge in [-0.3, -0.25) is 0 Å². The largest absolute Gasteiger partial charge is 0.339 e. The normalized spacial score (nSPS) is 9.89. The molecule has 90 valence electrons. The summed E-state index contributed by atoms with van der Waals surface area (Å²) < 4.78 is 1.82. The third kappa shape index (κ3) is 2.89. The van der Waals surface area contributed by atoms with Gasteiger partial charge >= 0.3 is 0 Å². The Kier molecular flexibility index (Phi) is 4.00. The Hall–Kier alpha value is -1.38. The van der Waals surface area contributed by atoms with Gasteiger partial charge < -0.3 is 5.32 Å². The second kappa shape index (κ2) is 5.51. The SMILES string of the molecule is Cc1cc(Nc2ccc(C#N)cc2Br)ncc1Br. The highest BCUT2D eigenvalue weighted by Crippen LogP contribution is 2.27. The number of rotatable bonds is 2. The molecule has 2 aromatic rings. The molecule has 1 aromatic heterocycles. The van der Waals surface area contributed by atoms with Crippen LogP contribution in [0.2, 0.25) is 0 Å². The molecule has 5 heteroatoms. The number of nitrogens with zero attached hydrogens (tertiary/aromatic N) is 2. The lowest BCUT2D eigenvalue weighted by molar-refractivity contribution is 1.25. The van der Waals surface area contributed by atoms with Crippen molar-refractivity contribution in [3.63, 3.8) is 0 Å². The lowest BCUT2D eigenvalue weighted by Gasteiger charge is -2.09. The van der Waals surface area contributed by atoms with Crippen LogP contribution >= 0.6 is 31.9 Å². The van der Waals surface area contributed by atoms with Crippen molar-refractivity contribution in [2.45, 2.75) is 6.92 Å². The molecule has 0 atom stereocenters. The van der Waals surface area contributed by atoms with Crippen LogP contribution in [0, 0.1) is 18.3 Å². The minimum Gasteiger partial charge on any atom is -0.339 e. The van der Waals surface area contributed by atoms with Crippen LogP contribution in [0.1, 0.15) is 11.1 Å². The van der Waals surface area contributed by atoms with E-state index in [4.69, 9.17) is 5.26 Å². The van der Waals surface area contributed by atoms with Gasteiger partial charge in [0.25, 0.3) is 0 Å². The zero-order valence-electron chi connectivity index (χ0n) is 9.54. The molecule has 3 nitrogen and oxygen atoms in total. The van der Waals surface area contributed by atoms with E-state index in [1.807, 2.05) is 19.1 Å². The molecule has 0 spiro atoms. The Labute approximate surface area is 122 Å². The van der Waals surface area contributed by atoms with Gasteiger partial charge in [-0.05, 0) is 68.6 Å². The highest BCUT2D eigenvalue weighted by molar-refractivity contribution is 9.10. The van der Waals surface area contributed by atoms with Crippen molar-refractivity contribution < 1.29 is 0 Å². The zero-order chi connectivity index (χ0) is 13.1. The van der Waals surface area contributed by atoms with Gasteiger partial charge in [0.15, 0.2) is 0 Å². The summed E-state index contributed by atoms with van der Waals surface area (Å²) in [7, 11) is 0. The monoisotopic (exact) mass is 365 g/mol. The van der Waals surface area contributed by atoms with Gasteiger partial charge in [0.1, 0.15) is 5.82 Å². The zero-order valence-corrected chi connectivity index (χ0v) is 12.7. The molecule has 2 rings (SSSR count). The van der Waals surface area contributed by atoms with Crippen LogP contribution in [0.3, 0.4) is 0 Å². The Balaban J connectivity index is 2.29. The van der Waals surface area contributed by atoms with Gasteiger partial charge in [0.05, 0.1) is 17.3 Å². The van der Waals surface area contributed by atoms with Gasteiger partial charge in [0, 0.05) is 15.1 Å². The number of hydrogen-bond acceptors (Lipinski definition) is 3. The number of aromatic nitrogens is 1. The summed E-state index contributed by atoms with van der Waals surface area (Å²) in [6, 6.07) is 9.43. The van der Waals surface area contributed by atoms with Crippen molar-refractivity contribution in [2.75, 3.05) is 5.32 Å². The quantitative estimate of drug-likeness (QED) is 0.849.